The van der Waals surface area contributed by atoms with Crippen LogP contribution in [0.4, 0.5) is 0 Å². The molecule has 0 fully saturated rings. The normalized spacial score (nSPS) is 11.6. The molecule has 0 aromatic rings. The van der Waals surface area contributed by atoms with Crippen molar-refractivity contribution in [1.82, 2.24) is 0 Å². The van der Waals surface area contributed by atoms with Crippen LogP contribution in [0.3, 0.4) is 0 Å². The molecular formula is C26H52ClIO12. The third-order valence-corrected chi connectivity index (χ3v) is 5.13. The zero-order valence-corrected chi connectivity index (χ0v) is 27.0. The largest absolute Gasteiger partial charge is 0.378 e. The number of hydrogen-bond donors (Lipinski definition) is 0. The van der Waals surface area contributed by atoms with E-state index in [1.165, 1.54) is 0 Å². The van der Waals surface area contributed by atoms with Crippen molar-refractivity contribution in [2.75, 3.05) is 169 Å². The van der Waals surface area contributed by atoms with E-state index in [1.54, 1.807) is 0 Å². The lowest BCUT2D eigenvalue weighted by Gasteiger charge is -2.09. The molecule has 0 spiro atoms. The van der Waals surface area contributed by atoms with Crippen LogP contribution in [0, 0.1) is 0 Å². The van der Waals surface area contributed by atoms with E-state index in [4.69, 9.17) is 68.4 Å². The summed E-state index contributed by atoms with van der Waals surface area (Å²) in [6.07, 6.45) is 0. The fraction of sp³-hybridized carbons (Fsp3) is 1.00. The average Bonchev–Trinajstić information content (AvgIpc) is 2.97. The van der Waals surface area contributed by atoms with Crippen LogP contribution in [0.25, 0.3) is 0 Å². The number of halogens is 2. The van der Waals surface area contributed by atoms with Crippen LogP contribution in [-0.2, 0) is 56.8 Å². The summed E-state index contributed by atoms with van der Waals surface area (Å²) in [5.41, 5.74) is 0. The predicted molar refractivity (Wildman–Crippen MR) is 159 cm³/mol. The standard InChI is InChI=1S/C26H52ClIO12/c27-1-3-29-5-7-31-9-11-33-13-15-35-17-19-37-21-23-39-25-26-40-24-22-38-20-18-36-16-14-34-12-10-32-8-6-30-4-2-28/h1-26H2. The van der Waals surface area contributed by atoms with Gasteiger partial charge in [0.1, 0.15) is 0 Å². The van der Waals surface area contributed by atoms with E-state index in [-0.39, 0.29) is 0 Å². The van der Waals surface area contributed by atoms with Gasteiger partial charge < -0.3 is 56.8 Å². The highest BCUT2D eigenvalue weighted by molar-refractivity contribution is 14.1. The molecule has 0 aliphatic rings. The lowest BCUT2D eigenvalue weighted by atomic mass is 10.6. The lowest BCUT2D eigenvalue weighted by Crippen LogP contribution is -2.15. The molecule has 0 aromatic heterocycles. The molecule has 12 nitrogen and oxygen atoms in total. The second-order valence-electron chi connectivity index (χ2n) is 7.73. The molecule has 0 atom stereocenters. The van der Waals surface area contributed by atoms with E-state index in [0.717, 1.165) is 11.0 Å². The summed E-state index contributed by atoms with van der Waals surface area (Å²) in [4.78, 5) is 0. The van der Waals surface area contributed by atoms with Gasteiger partial charge in [-0.25, -0.2) is 0 Å². The first-order valence-electron chi connectivity index (χ1n) is 14.0. The molecule has 0 bridgehead atoms. The molecular weight excluding hydrogens is 667 g/mol. The second-order valence-corrected chi connectivity index (χ2v) is 9.18. The van der Waals surface area contributed by atoms with Gasteiger partial charge in [0.15, 0.2) is 0 Å². The minimum Gasteiger partial charge on any atom is -0.378 e. The van der Waals surface area contributed by atoms with Crippen LogP contribution in [0.5, 0.6) is 0 Å². The van der Waals surface area contributed by atoms with Gasteiger partial charge in [-0.3, -0.25) is 0 Å². The van der Waals surface area contributed by atoms with Crippen molar-refractivity contribution < 1.29 is 56.8 Å². The third-order valence-electron chi connectivity index (χ3n) is 4.54. The minimum absolute atomic E-state index is 0.499. The van der Waals surface area contributed by atoms with Crippen LogP contribution in [0.2, 0.25) is 0 Å². The predicted octanol–water partition coefficient (Wildman–Crippen LogP) is 1.86. The Hall–Kier alpha value is 0.540. The Balaban J connectivity index is 3.01. The summed E-state index contributed by atoms with van der Waals surface area (Å²) in [7, 11) is 0. The maximum Gasteiger partial charge on any atom is 0.0701 e. The fourth-order valence-electron chi connectivity index (χ4n) is 2.63. The van der Waals surface area contributed by atoms with Gasteiger partial charge in [0.05, 0.1) is 159 Å². The van der Waals surface area contributed by atoms with E-state index >= 15 is 0 Å². The number of rotatable bonds is 37. The highest BCUT2D eigenvalue weighted by Gasteiger charge is 1.96. The highest BCUT2D eigenvalue weighted by atomic mass is 127. The molecule has 0 amide bonds. The second kappa shape index (κ2) is 39.5. The van der Waals surface area contributed by atoms with Crippen LogP contribution in [-0.4, -0.2) is 169 Å². The third kappa shape index (κ3) is 38.5. The molecule has 0 heterocycles. The fourth-order valence-corrected chi connectivity index (χ4v) is 3.05. The zero-order valence-electron chi connectivity index (χ0n) is 24.0. The van der Waals surface area contributed by atoms with Crippen molar-refractivity contribution in [3.8, 4) is 0 Å². The first-order valence-corrected chi connectivity index (χ1v) is 16.0. The zero-order chi connectivity index (χ0) is 28.9. The molecule has 40 heavy (non-hydrogen) atoms. The molecule has 0 saturated heterocycles. The van der Waals surface area contributed by atoms with E-state index in [9.17, 15) is 0 Å². The topological polar surface area (TPSA) is 111 Å². The van der Waals surface area contributed by atoms with Gasteiger partial charge in [0.25, 0.3) is 0 Å². The van der Waals surface area contributed by atoms with Gasteiger partial charge >= 0.3 is 0 Å². The van der Waals surface area contributed by atoms with Gasteiger partial charge in [-0.2, -0.15) is 0 Å². The molecule has 0 saturated carbocycles. The molecule has 14 heteroatoms. The van der Waals surface area contributed by atoms with E-state index < -0.39 is 0 Å². The van der Waals surface area contributed by atoms with Crippen molar-refractivity contribution in [2.45, 2.75) is 0 Å². The Morgan fingerprint density at radius 1 is 0.250 bits per heavy atom. The van der Waals surface area contributed by atoms with Crippen LogP contribution < -0.4 is 0 Å². The van der Waals surface area contributed by atoms with E-state index in [2.05, 4.69) is 22.6 Å². The summed E-state index contributed by atoms with van der Waals surface area (Å²) in [6.45, 7) is 13.1. The molecule has 0 rings (SSSR count). The first-order chi connectivity index (χ1) is 19.9. The maximum atomic E-state index is 5.50. The van der Waals surface area contributed by atoms with Crippen LogP contribution >= 0.6 is 34.2 Å². The monoisotopic (exact) mass is 718 g/mol. The quantitative estimate of drug-likeness (QED) is 0.0532. The Kier molecular flexibility index (Phi) is 40.1. The molecule has 0 aliphatic carbocycles. The van der Waals surface area contributed by atoms with Crippen molar-refractivity contribution >= 4 is 34.2 Å². The summed E-state index contributed by atoms with van der Waals surface area (Å²) >= 11 is 7.78. The SMILES string of the molecule is ClCCOCCOCCOCCOCCOCCOCCOCCOCCOCCOCCOCCOCCI. The molecule has 242 valence electrons. The van der Waals surface area contributed by atoms with Crippen molar-refractivity contribution in [3.05, 3.63) is 0 Å². The average molecular weight is 719 g/mol. The Morgan fingerprint density at radius 2 is 0.400 bits per heavy atom. The van der Waals surface area contributed by atoms with E-state index in [1.807, 2.05) is 0 Å². The first kappa shape index (κ1) is 40.5. The summed E-state index contributed by atoms with van der Waals surface area (Å²) in [5.74, 6) is 0.499. The van der Waals surface area contributed by atoms with Crippen molar-refractivity contribution in [3.63, 3.8) is 0 Å². The number of alkyl halides is 2. The molecule has 0 aliphatic heterocycles. The van der Waals surface area contributed by atoms with E-state index in [0.29, 0.717) is 158 Å². The summed E-state index contributed by atoms with van der Waals surface area (Å²) in [5, 5.41) is 0. The van der Waals surface area contributed by atoms with Gasteiger partial charge in [0, 0.05) is 10.3 Å². The van der Waals surface area contributed by atoms with Crippen LogP contribution in [0.1, 0.15) is 0 Å². The lowest BCUT2D eigenvalue weighted by molar-refractivity contribution is -0.0281. The van der Waals surface area contributed by atoms with Gasteiger partial charge in [0.2, 0.25) is 0 Å². The highest BCUT2D eigenvalue weighted by Crippen LogP contribution is 1.88. The smallest absolute Gasteiger partial charge is 0.0701 e. The maximum absolute atomic E-state index is 5.50. The van der Waals surface area contributed by atoms with Crippen molar-refractivity contribution in [1.29, 1.82) is 0 Å². The Bertz CT molecular complexity index is 408. The van der Waals surface area contributed by atoms with Crippen molar-refractivity contribution in [2.24, 2.45) is 0 Å². The number of hydrogen-bond acceptors (Lipinski definition) is 12. The minimum atomic E-state index is 0.499. The molecule has 0 N–H and O–H groups in total. The van der Waals surface area contributed by atoms with Gasteiger partial charge in [-0.1, -0.05) is 22.6 Å². The summed E-state index contributed by atoms with van der Waals surface area (Å²) < 4.78 is 65.8. The Labute approximate surface area is 259 Å². The Morgan fingerprint density at radius 3 is 0.550 bits per heavy atom. The summed E-state index contributed by atoms with van der Waals surface area (Å²) in [6, 6.07) is 0. The molecule has 0 radical (unpaired) electrons. The molecule has 0 unspecified atom stereocenters. The molecule has 0 aromatic carbocycles. The van der Waals surface area contributed by atoms with Crippen LogP contribution in [0.15, 0.2) is 0 Å². The number of ether oxygens (including phenoxy) is 12. The van der Waals surface area contributed by atoms with Gasteiger partial charge in [-0.15, -0.1) is 11.6 Å². The van der Waals surface area contributed by atoms with Gasteiger partial charge in [-0.05, 0) is 0 Å².